The van der Waals surface area contributed by atoms with E-state index in [9.17, 15) is 14.5 Å². The highest BCUT2D eigenvalue weighted by atomic mass is 32.1. The molecule has 0 bridgehead atoms. The van der Waals surface area contributed by atoms with Crippen molar-refractivity contribution in [3.05, 3.63) is 34.1 Å². The Labute approximate surface area is 98.4 Å². The van der Waals surface area contributed by atoms with Gasteiger partial charge in [0.2, 0.25) is 0 Å². The van der Waals surface area contributed by atoms with Crippen molar-refractivity contribution in [2.24, 2.45) is 0 Å². The number of benzene rings is 1. The number of rotatable bonds is 4. The van der Waals surface area contributed by atoms with Gasteiger partial charge in [0.25, 0.3) is 5.69 Å². The predicted molar refractivity (Wildman–Crippen MR) is 64.6 cm³/mol. The molecule has 0 aliphatic rings. The highest BCUT2D eigenvalue weighted by Gasteiger charge is 2.19. The minimum Gasteiger partial charge on any atom is -0.377 e. The van der Waals surface area contributed by atoms with Gasteiger partial charge in [-0.3, -0.25) is 10.1 Å². The van der Waals surface area contributed by atoms with Gasteiger partial charge in [-0.05, 0) is 19.9 Å². The molecule has 0 atom stereocenters. The summed E-state index contributed by atoms with van der Waals surface area (Å²) in [5, 5.41) is 13.4. The summed E-state index contributed by atoms with van der Waals surface area (Å²) < 4.78 is 13.4. The van der Waals surface area contributed by atoms with E-state index in [1.54, 1.807) is 0 Å². The number of nitrogens with zero attached hydrogens (tertiary/aromatic N) is 1. The Morgan fingerprint density at radius 2 is 2.19 bits per heavy atom. The van der Waals surface area contributed by atoms with Gasteiger partial charge in [0.1, 0.15) is 5.82 Å². The van der Waals surface area contributed by atoms with Crippen LogP contribution in [0.3, 0.4) is 0 Å². The third-order valence-corrected chi connectivity index (χ3v) is 2.82. The van der Waals surface area contributed by atoms with E-state index in [0.717, 1.165) is 12.1 Å². The summed E-state index contributed by atoms with van der Waals surface area (Å²) in [5.41, 5.74) is -0.453. The summed E-state index contributed by atoms with van der Waals surface area (Å²) >= 11 is 4.11. The number of non-ortho nitro benzene ring substituents is 1. The summed E-state index contributed by atoms with van der Waals surface area (Å²) in [7, 11) is 0. The summed E-state index contributed by atoms with van der Waals surface area (Å²) in [5.74, 6) is -0.0322. The topological polar surface area (TPSA) is 55.2 Å². The van der Waals surface area contributed by atoms with E-state index in [1.807, 2.05) is 13.8 Å². The van der Waals surface area contributed by atoms with Gasteiger partial charge in [-0.15, -0.1) is 0 Å². The Bertz CT molecular complexity index is 410. The fourth-order valence-corrected chi connectivity index (χ4v) is 1.21. The van der Waals surface area contributed by atoms with E-state index in [4.69, 9.17) is 0 Å². The average Bonchev–Trinajstić information content (AvgIpc) is 2.21. The lowest BCUT2D eigenvalue weighted by molar-refractivity contribution is -0.384. The Balaban J connectivity index is 3.03. The lowest BCUT2D eigenvalue weighted by Gasteiger charge is -2.25. The first-order valence-electron chi connectivity index (χ1n) is 4.69. The second-order valence-corrected chi connectivity index (χ2v) is 4.40. The lowest BCUT2D eigenvalue weighted by atomic mass is 10.1. The molecular weight excluding hydrogens is 231 g/mol. The van der Waals surface area contributed by atoms with E-state index >= 15 is 0 Å². The first-order valence-corrected chi connectivity index (χ1v) is 5.32. The summed E-state index contributed by atoms with van der Waals surface area (Å²) in [4.78, 5) is 9.98. The van der Waals surface area contributed by atoms with Crippen LogP contribution in [-0.4, -0.2) is 16.2 Å². The van der Waals surface area contributed by atoms with Crippen LogP contribution in [0, 0.1) is 15.9 Å². The van der Waals surface area contributed by atoms with Crippen LogP contribution in [0.25, 0.3) is 0 Å². The van der Waals surface area contributed by atoms with Crippen molar-refractivity contribution in [2.45, 2.75) is 19.4 Å². The number of nitro groups is 1. The minimum absolute atomic E-state index is 0.119. The molecule has 0 saturated heterocycles. The Kier molecular flexibility index (Phi) is 3.74. The number of hydrogen-bond donors (Lipinski definition) is 2. The van der Waals surface area contributed by atoms with Gasteiger partial charge in [-0.2, -0.15) is 12.6 Å². The predicted octanol–water partition coefficient (Wildman–Crippen LogP) is 2.85. The number of thiol groups is 1. The number of nitrogens with one attached hydrogen (secondary N) is 1. The highest BCUT2D eigenvalue weighted by molar-refractivity contribution is 7.80. The fourth-order valence-electron chi connectivity index (χ4n) is 1.13. The maximum Gasteiger partial charge on any atom is 0.271 e. The first-order chi connectivity index (χ1) is 7.35. The van der Waals surface area contributed by atoms with Crippen LogP contribution >= 0.6 is 12.6 Å². The molecule has 1 aromatic rings. The molecule has 0 aromatic heterocycles. The maximum absolute atomic E-state index is 13.4. The molecule has 1 rings (SSSR count). The van der Waals surface area contributed by atoms with Crippen molar-refractivity contribution in [1.82, 2.24) is 0 Å². The van der Waals surface area contributed by atoms with Crippen LogP contribution in [-0.2, 0) is 0 Å². The van der Waals surface area contributed by atoms with Crippen LogP contribution in [0.2, 0.25) is 0 Å². The van der Waals surface area contributed by atoms with Crippen LogP contribution in [0.15, 0.2) is 18.2 Å². The molecule has 0 fully saturated rings. The molecular formula is C10H13FN2O2S. The SMILES string of the molecule is CC(C)(CS)Nc1cc([N+](=O)[O-])ccc1F. The van der Waals surface area contributed by atoms with Crippen molar-refractivity contribution in [3.8, 4) is 0 Å². The summed E-state index contributed by atoms with van der Waals surface area (Å²) in [6.07, 6.45) is 0. The van der Waals surface area contributed by atoms with Gasteiger partial charge in [-0.1, -0.05) is 0 Å². The zero-order chi connectivity index (χ0) is 12.3. The van der Waals surface area contributed by atoms with Crippen molar-refractivity contribution >= 4 is 24.0 Å². The molecule has 0 aliphatic heterocycles. The van der Waals surface area contributed by atoms with Gasteiger partial charge in [-0.25, -0.2) is 4.39 Å². The average molecular weight is 244 g/mol. The molecule has 0 saturated carbocycles. The van der Waals surface area contributed by atoms with Crippen molar-refractivity contribution < 1.29 is 9.31 Å². The van der Waals surface area contributed by atoms with Gasteiger partial charge in [0.15, 0.2) is 0 Å². The molecule has 0 amide bonds. The monoisotopic (exact) mass is 244 g/mol. The molecule has 0 heterocycles. The van der Waals surface area contributed by atoms with Gasteiger partial charge in [0.05, 0.1) is 10.6 Å². The molecule has 4 nitrogen and oxygen atoms in total. The number of anilines is 1. The van der Waals surface area contributed by atoms with Crippen molar-refractivity contribution in [2.75, 3.05) is 11.1 Å². The Morgan fingerprint density at radius 1 is 1.56 bits per heavy atom. The summed E-state index contributed by atoms with van der Waals surface area (Å²) in [6.45, 7) is 3.66. The van der Waals surface area contributed by atoms with Crippen LogP contribution in [0.5, 0.6) is 0 Å². The maximum atomic E-state index is 13.4. The number of nitro benzene ring substituents is 1. The Morgan fingerprint density at radius 3 is 2.69 bits per heavy atom. The molecule has 6 heteroatoms. The number of hydrogen-bond acceptors (Lipinski definition) is 4. The van der Waals surface area contributed by atoms with Crippen molar-refractivity contribution in [1.29, 1.82) is 0 Å². The molecule has 1 N–H and O–H groups in total. The van der Waals surface area contributed by atoms with Gasteiger partial charge in [0, 0.05) is 23.4 Å². The zero-order valence-corrected chi connectivity index (χ0v) is 9.92. The van der Waals surface area contributed by atoms with Crippen molar-refractivity contribution in [3.63, 3.8) is 0 Å². The van der Waals surface area contributed by atoms with Gasteiger partial charge < -0.3 is 5.32 Å². The Hall–Kier alpha value is -1.30. The first kappa shape index (κ1) is 12.8. The molecule has 88 valence electrons. The van der Waals surface area contributed by atoms with E-state index < -0.39 is 16.3 Å². The number of halogens is 1. The van der Waals surface area contributed by atoms with Gasteiger partial charge >= 0.3 is 0 Å². The quantitative estimate of drug-likeness (QED) is 0.486. The van der Waals surface area contributed by atoms with E-state index in [0.29, 0.717) is 5.75 Å². The molecule has 0 radical (unpaired) electrons. The highest BCUT2D eigenvalue weighted by Crippen LogP contribution is 2.24. The largest absolute Gasteiger partial charge is 0.377 e. The van der Waals surface area contributed by atoms with Crippen LogP contribution < -0.4 is 5.32 Å². The third kappa shape index (κ3) is 3.10. The second kappa shape index (κ2) is 4.69. The van der Waals surface area contributed by atoms with E-state index in [-0.39, 0.29) is 11.4 Å². The van der Waals surface area contributed by atoms with Crippen LogP contribution in [0.4, 0.5) is 15.8 Å². The molecule has 16 heavy (non-hydrogen) atoms. The molecule has 0 aliphatic carbocycles. The normalized spacial score (nSPS) is 11.2. The molecule has 1 aromatic carbocycles. The van der Waals surface area contributed by atoms with E-state index in [2.05, 4.69) is 17.9 Å². The molecule has 0 unspecified atom stereocenters. The second-order valence-electron chi connectivity index (χ2n) is 4.09. The van der Waals surface area contributed by atoms with Crippen LogP contribution in [0.1, 0.15) is 13.8 Å². The smallest absolute Gasteiger partial charge is 0.271 e. The standard InChI is InChI=1S/C10H13FN2O2S/c1-10(2,6-16)12-9-5-7(13(14)15)3-4-8(9)11/h3-5,12,16H,6H2,1-2H3. The minimum atomic E-state index is -0.557. The fraction of sp³-hybridized carbons (Fsp3) is 0.400. The van der Waals surface area contributed by atoms with E-state index in [1.165, 1.54) is 6.07 Å². The third-order valence-electron chi connectivity index (χ3n) is 2.03. The summed E-state index contributed by atoms with van der Waals surface area (Å²) in [6, 6.07) is 3.39. The molecule has 0 spiro atoms. The lowest BCUT2D eigenvalue weighted by Crippen LogP contribution is -2.33. The zero-order valence-electron chi connectivity index (χ0n) is 9.03.